The number of nitrogens with zero attached hydrogens (tertiary/aromatic N) is 1. The molecule has 0 spiro atoms. The van der Waals surface area contributed by atoms with Crippen molar-refractivity contribution in [2.75, 3.05) is 6.54 Å². The van der Waals surface area contributed by atoms with E-state index >= 15 is 0 Å². The summed E-state index contributed by atoms with van der Waals surface area (Å²) in [7, 11) is 0. The van der Waals surface area contributed by atoms with Gasteiger partial charge in [-0.3, -0.25) is 14.5 Å². The van der Waals surface area contributed by atoms with Crippen molar-refractivity contribution >= 4 is 29.4 Å². The molecule has 5 nitrogen and oxygen atoms in total. The van der Waals surface area contributed by atoms with Crippen molar-refractivity contribution < 1.29 is 19.1 Å². The number of hydrogen-bond donors (Lipinski definition) is 0. The van der Waals surface area contributed by atoms with Crippen LogP contribution in [-0.4, -0.2) is 29.2 Å². The van der Waals surface area contributed by atoms with Gasteiger partial charge < -0.3 is 4.74 Å². The van der Waals surface area contributed by atoms with Crippen molar-refractivity contribution in [3.05, 3.63) is 82.4 Å². The fraction of sp³-hybridized carbons (Fsp3) is 0.150. The molecule has 0 fully saturated rings. The second kappa shape index (κ2) is 7.14. The first-order chi connectivity index (χ1) is 12.4. The lowest BCUT2D eigenvalue weighted by Gasteiger charge is -2.15. The molecule has 1 atom stereocenters. The number of esters is 1. The molecule has 3 rings (SSSR count). The Morgan fingerprint density at radius 2 is 1.88 bits per heavy atom. The second-order valence-electron chi connectivity index (χ2n) is 5.84. The van der Waals surface area contributed by atoms with Crippen LogP contribution < -0.4 is 0 Å². The van der Waals surface area contributed by atoms with Gasteiger partial charge in [-0.05, 0) is 31.2 Å². The van der Waals surface area contributed by atoms with Gasteiger partial charge in [0.15, 0.2) is 0 Å². The van der Waals surface area contributed by atoms with Crippen LogP contribution in [0.5, 0.6) is 0 Å². The van der Waals surface area contributed by atoms with Gasteiger partial charge in [0.2, 0.25) is 0 Å². The molecule has 26 heavy (non-hydrogen) atoms. The van der Waals surface area contributed by atoms with E-state index in [9.17, 15) is 14.4 Å². The lowest BCUT2D eigenvalue weighted by Crippen LogP contribution is -2.29. The molecule has 0 bridgehead atoms. The van der Waals surface area contributed by atoms with Crippen LogP contribution in [-0.2, 0) is 4.74 Å². The molecular formula is C20H16ClNO4. The molecule has 0 radical (unpaired) electrons. The molecule has 0 N–H and O–H groups in total. The summed E-state index contributed by atoms with van der Waals surface area (Å²) in [4.78, 5) is 38.1. The van der Waals surface area contributed by atoms with Crippen LogP contribution in [0.25, 0.3) is 0 Å². The van der Waals surface area contributed by atoms with E-state index in [-0.39, 0.29) is 23.2 Å². The molecule has 132 valence electrons. The molecule has 0 unspecified atom stereocenters. The molecule has 1 aliphatic heterocycles. The summed E-state index contributed by atoms with van der Waals surface area (Å²) in [5.74, 6) is -1.43. The van der Waals surface area contributed by atoms with Gasteiger partial charge in [-0.1, -0.05) is 35.9 Å². The Balaban J connectivity index is 1.83. The van der Waals surface area contributed by atoms with Gasteiger partial charge in [0, 0.05) is 17.1 Å². The van der Waals surface area contributed by atoms with E-state index in [0.717, 1.165) is 4.90 Å². The predicted octanol–water partition coefficient (Wildman–Crippen LogP) is 4.04. The number of fused-ring (bicyclic) bond motifs is 1. The lowest BCUT2D eigenvalue weighted by molar-refractivity contribution is 0.0338. The first kappa shape index (κ1) is 17.9. The molecule has 6 heteroatoms. The quantitative estimate of drug-likeness (QED) is 0.453. The molecule has 0 saturated heterocycles. The Kier molecular flexibility index (Phi) is 4.91. The third-order valence-corrected chi connectivity index (χ3v) is 4.49. The summed E-state index contributed by atoms with van der Waals surface area (Å²) in [6.07, 6.45) is 0.918. The highest BCUT2D eigenvalue weighted by Gasteiger charge is 2.35. The molecular weight excluding hydrogens is 354 g/mol. The van der Waals surface area contributed by atoms with Crippen molar-refractivity contribution in [3.63, 3.8) is 0 Å². The van der Waals surface area contributed by atoms with Crippen molar-refractivity contribution in [2.45, 2.75) is 13.0 Å². The smallest absolute Gasteiger partial charge is 0.338 e. The largest absolute Gasteiger partial charge is 0.454 e. The van der Waals surface area contributed by atoms with E-state index in [2.05, 4.69) is 6.58 Å². The minimum atomic E-state index is -0.595. The van der Waals surface area contributed by atoms with E-state index in [1.807, 2.05) is 0 Å². The minimum Gasteiger partial charge on any atom is -0.454 e. The molecule has 0 saturated carbocycles. The highest BCUT2D eigenvalue weighted by molar-refractivity contribution is 6.31. The summed E-state index contributed by atoms with van der Waals surface area (Å²) in [5, 5.41) is 0.502. The fourth-order valence-corrected chi connectivity index (χ4v) is 3.10. The number of halogens is 1. The average Bonchev–Trinajstić information content (AvgIpc) is 2.87. The Hall–Kier alpha value is -2.92. The standard InChI is InChI=1S/C20H16ClNO4/c1-3-10-22-18(23)15-9-8-13(11-16(15)19(22)24)20(25)26-12(2)14-6-4-5-7-17(14)21/h3-9,11-12H,1,10H2,2H3/t12-/m1/s1. The van der Waals surface area contributed by atoms with Crippen molar-refractivity contribution in [1.82, 2.24) is 4.90 Å². The van der Waals surface area contributed by atoms with Gasteiger partial charge in [-0.2, -0.15) is 0 Å². The summed E-state index contributed by atoms with van der Waals surface area (Å²) >= 11 is 6.12. The summed E-state index contributed by atoms with van der Waals surface area (Å²) in [6, 6.07) is 11.4. The van der Waals surface area contributed by atoms with Crippen LogP contribution in [0.2, 0.25) is 5.02 Å². The fourth-order valence-electron chi connectivity index (χ4n) is 2.81. The van der Waals surface area contributed by atoms with E-state index in [0.29, 0.717) is 10.6 Å². The maximum absolute atomic E-state index is 12.4. The van der Waals surface area contributed by atoms with Crippen LogP contribution in [0.3, 0.4) is 0 Å². The minimum absolute atomic E-state index is 0.121. The topological polar surface area (TPSA) is 63.7 Å². The van der Waals surface area contributed by atoms with E-state index in [1.54, 1.807) is 31.2 Å². The lowest BCUT2D eigenvalue weighted by atomic mass is 10.1. The van der Waals surface area contributed by atoms with E-state index in [1.165, 1.54) is 24.3 Å². The predicted molar refractivity (Wildman–Crippen MR) is 97.3 cm³/mol. The highest BCUT2D eigenvalue weighted by atomic mass is 35.5. The third-order valence-electron chi connectivity index (χ3n) is 4.15. The normalized spacial score (nSPS) is 14.2. The Bertz CT molecular complexity index is 922. The van der Waals surface area contributed by atoms with Crippen molar-refractivity contribution in [2.24, 2.45) is 0 Å². The van der Waals surface area contributed by atoms with Gasteiger partial charge >= 0.3 is 5.97 Å². The van der Waals surface area contributed by atoms with Gasteiger partial charge in [0.25, 0.3) is 11.8 Å². The van der Waals surface area contributed by atoms with Gasteiger partial charge in [-0.15, -0.1) is 6.58 Å². The Morgan fingerprint density at radius 1 is 1.19 bits per heavy atom. The molecule has 1 aliphatic rings. The van der Waals surface area contributed by atoms with Crippen LogP contribution in [0.1, 0.15) is 49.7 Å². The molecule has 0 aliphatic carbocycles. The van der Waals surface area contributed by atoms with Gasteiger partial charge in [0.05, 0.1) is 16.7 Å². The Labute approximate surface area is 155 Å². The Morgan fingerprint density at radius 3 is 2.58 bits per heavy atom. The number of carbonyl (C=O) groups excluding carboxylic acids is 3. The van der Waals surface area contributed by atoms with Gasteiger partial charge in [0.1, 0.15) is 6.10 Å². The number of carbonyl (C=O) groups is 3. The first-order valence-corrected chi connectivity index (χ1v) is 8.38. The van der Waals surface area contributed by atoms with E-state index < -0.39 is 23.9 Å². The number of hydrogen-bond acceptors (Lipinski definition) is 4. The molecule has 0 aromatic heterocycles. The SMILES string of the molecule is C=CCN1C(=O)c2ccc(C(=O)O[C@H](C)c3ccccc3Cl)cc2C1=O. The van der Waals surface area contributed by atoms with Crippen LogP contribution in [0, 0.1) is 0 Å². The van der Waals surface area contributed by atoms with Crippen LogP contribution in [0.15, 0.2) is 55.1 Å². The molecule has 2 amide bonds. The average molecular weight is 370 g/mol. The number of amides is 2. The maximum Gasteiger partial charge on any atom is 0.338 e. The molecule has 2 aromatic rings. The van der Waals surface area contributed by atoms with Crippen molar-refractivity contribution in [1.29, 1.82) is 0 Å². The number of imide groups is 1. The van der Waals surface area contributed by atoms with Crippen LogP contribution >= 0.6 is 11.6 Å². The summed E-state index contributed by atoms with van der Waals surface area (Å²) in [5.41, 5.74) is 1.35. The monoisotopic (exact) mass is 369 g/mol. The van der Waals surface area contributed by atoms with Crippen molar-refractivity contribution in [3.8, 4) is 0 Å². The third kappa shape index (κ3) is 3.13. The molecule has 1 heterocycles. The zero-order chi connectivity index (χ0) is 18.8. The zero-order valence-electron chi connectivity index (χ0n) is 14.1. The maximum atomic E-state index is 12.4. The first-order valence-electron chi connectivity index (χ1n) is 8.00. The van der Waals surface area contributed by atoms with Gasteiger partial charge in [-0.25, -0.2) is 4.79 Å². The highest BCUT2D eigenvalue weighted by Crippen LogP contribution is 2.28. The van der Waals surface area contributed by atoms with E-state index in [4.69, 9.17) is 16.3 Å². The summed E-state index contributed by atoms with van der Waals surface area (Å²) < 4.78 is 5.45. The second-order valence-corrected chi connectivity index (χ2v) is 6.25. The number of benzene rings is 2. The van der Waals surface area contributed by atoms with Crippen LogP contribution in [0.4, 0.5) is 0 Å². The summed E-state index contributed by atoms with van der Waals surface area (Å²) in [6.45, 7) is 5.38. The molecule has 2 aromatic carbocycles. The zero-order valence-corrected chi connectivity index (χ0v) is 14.8. The number of ether oxygens (including phenoxy) is 1. The number of rotatable bonds is 5.